The van der Waals surface area contributed by atoms with Crippen molar-refractivity contribution in [3.05, 3.63) is 24.0 Å². The van der Waals surface area contributed by atoms with Gasteiger partial charge in [0.1, 0.15) is 6.61 Å². The van der Waals surface area contributed by atoms with Crippen molar-refractivity contribution < 1.29 is 35.9 Å². The molecule has 2 atom stereocenters. The fraction of sp³-hybridized carbons (Fsp3) is 0.667. The maximum atomic E-state index is 12.9. The minimum atomic E-state index is -5.39. The Morgan fingerprint density at radius 3 is 2.62 bits per heavy atom. The molecule has 4 fully saturated rings. The number of rotatable bonds is 3. The quantitative estimate of drug-likeness (QED) is 0.668. The number of morpholine rings is 1. The van der Waals surface area contributed by atoms with E-state index < -0.39 is 20.2 Å². The number of pyridine rings is 1. The summed E-state index contributed by atoms with van der Waals surface area (Å²) in [5.41, 5.74) is -4.73. The number of urea groups is 1. The Hall–Kier alpha value is -2.41. The average molecular weight is 503 g/mol. The Kier molecular flexibility index (Phi) is 5.54. The van der Waals surface area contributed by atoms with Crippen LogP contribution < -0.4 is 5.32 Å². The molecule has 9 nitrogen and oxygen atoms in total. The van der Waals surface area contributed by atoms with Gasteiger partial charge < -0.3 is 19.9 Å². The van der Waals surface area contributed by atoms with Crippen molar-refractivity contribution >= 4 is 21.8 Å². The number of piperidine rings is 1. The molecule has 4 aliphatic rings. The van der Waals surface area contributed by atoms with Crippen LogP contribution in [0.2, 0.25) is 0 Å². The van der Waals surface area contributed by atoms with Gasteiger partial charge in [-0.3, -0.25) is 9.78 Å². The Balaban J connectivity index is 1.09. The third kappa shape index (κ3) is 4.12. The molecule has 186 valence electrons. The van der Waals surface area contributed by atoms with Gasteiger partial charge in [-0.1, -0.05) is 0 Å². The molecule has 3 saturated heterocycles. The van der Waals surface area contributed by atoms with E-state index in [2.05, 4.69) is 10.3 Å². The number of likely N-dealkylation sites (tertiary alicyclic amines) is 2. The smallest absolute Gasteiger partial charge is 0.366 e. The van der Waals surface area contributed by atoms with Crippen LogP contribution in [0.1, 0.15) is 25.0 Å². The van der Waals surface area contributed by atoms with Crippen molar-refractivity contribution in [3.8, 4) is 0 Å². The number of nitrogens with zero attached hydrogens (tertiary/aromatic N) is 3. The summed E-state index contributed by atoms with van der Waals surface area (Å²) >= 11 is 0. The summed E-state index contributed by atoms with van der Waals surface area (Å²) in [7, 11) is -5.39. The molecule has 1 aromatic heterocycles. The van der Waals surface area contributed by atoms with Crippen LogP contribution in [0.25, 0.3) is 0 Å². The number of carbonyl (C=O) groups excluding carboxylic acids is 2. The highest BCUT2D eigenvalue weighted by molar-refractivity contribution is 7.92. The van der Waals surface area contributed by atoms with Crippen molar-refractivity contribution in [2.45, 2.75) is 48.2 Å². The van der Waals surface area contributed by atoms with Crippen LogP contribution in [0.5, 0.6) is 0 Å². The van der Waals surface area contributed by atoms with Crippen molar-refractivity contribution in [2.24, 2.45) is 11.3 Å². The zero-order chi connectivity index (χ0) is 24.3. The van der Waals surface area contributed by atoms with Gasteiger partial charge in [-0.05, 0) is 43.7 Å². The van der Waals surface area contributed by atoms with Crippen LogP contribution in [0.4, 0.5) is 18.0 Å². The third-order valence-electron chi connectivity index (χ3n) is 7.27. The molecule has 3 amide bonds. The van der Waals surface area contributed by atoms with Crippen molar-refractivity contribution in [3.63, 3.8) is 0 Å². The normalized spacial score (nSPS) is 27.0. The summed E-state index contributed by atoms with van der Waals surface area (Å²) in [5, 5.41) is 2.89. The molecule has 1 aromatic rings. The SMILES string of the molecule is O=C1CO[C@@H]2CCN(C(=O)N3CC4(CC(Cc5ccc(S(=O)(=O)C(F)(F)F)cn5)C4)C3)C[C@@H]2N1. The number of aromatic nitrogens is 1. The highest BCUT2D eigenvalue weighted by Gasteiger charge is 2.54. The summed E-state index contributed by atoms with van der Waals surface area (Å²) < 4.78 is 66.4. The summed E-state index contributed by atoms with van der Waals surface area (Å²) in [5.74, 6) is 0.130. The van der Waals surface area contributed by atoms with Gasteiger partial charge in [0.15, 0.2) is 0 Å². The van der Waals surface area contributed by atoms with Crippen LogP contribution in [-0.2, 0) is 25.8 Å². The molecule has 1 N–H and O–H groups in total. The van der Waals surface area contributed by atoms with Crippen LogP contribution >= 0.6 is 0 Å². The van der Waals surface area contributed by atoms with E-state index in [9.17, 15) is 31.2 Å². The number of halogens is 3. The average Bonchev–Trinajstić information content (AvgIpc) is 2.73. The second-order valence-electron chi connectivity index (χ2n) is 9.81. The van der Waals surface area contributed by atoms with Gasteiger partial charge in [0.05, 0.1) is 17.0 Å². The summed E-state index contributed by atoms with van der Waals surface area (Å²) in [6.07, 6.45) is 3.73. The lowest BCUT2D eigenvalue weighted by molar-refractivity contribution is -0.140. The van der Waals surface area contributed by atoms with Gasteiger partial charge >= 0.3 is 11.5 Å². The number of amides is 3. The predicted octanol–water partition coefficient (Wildman–Crippen LogP) is 1.34. The fourth-order valence-electron chi connectivity index (χ4n) is 5.66. The van der Waals surface area contributed by atoms with Crippen LogP contribution in [0.15, 0.2) is 23.2 Å². The lowest BCUT2D eigenvalue weighted by atomic mass is 9.57. The van der Waals surface area contributed by atoms with E-state index in [-0.39, 0.29) is 36.1 Å². The molecule has 13 heteroatoms. The molecule has 1 aliphatic carbocycles. The Bertz CT molecular complexity index is 1080. The first-order valence-corrected chi connectivity index (χ1v) is 12.7. The van der Waals surface area contributed by atoms with Crippen LogP contribution in [0.3, 0.4) is 0 Å². The van der Waals surface area contributed by atoms with Gasteiger partial charge in [-0.2, -0.15) is 13.2 Å². The van der Waals surface area contributed by atoms with E-state index >= 15 is 0 Å². The van der Waals surface area contributed by atoms with Crippen LogP contribution in [0, 0.1) is 11.3 Å². The van der Waals surface area contributed by atoms with Gasteiger partial charge in [0.25, 0.3) is 9.84 Å². The Morgan fingerprint density at radius 1 is 1.24 bits per heavy atom. The molecule has 0 radical (unpaired) electrons. The van der Waals surface area contributed by atoms with E-state index in [1.54, 1.807) is 4.90 Å². The maximum absolute atomic E-state index is 12.9. The predicted molar refractivity (Wildman–Crippen MR) is 111 cm³/mol. The second kappa shape index (κ2) is 8.08. The first-order valence-electron chi connectivity index (χ1n) is 11.2. The van der Waals surface area contributed by atoms with Gasteiger partial charge in [0.2, 0.25) is 5.91 Å². The number of alkyl halides is 3. The van der Waals surface area contributed by atoms with Crippen LogP contribution in [-0.4, -0.2) is 85.6 Å². The van der Waals surface area contributed by atoms with E-state index in [1.807, 2.05) is 4.90 Å². The lowest BCUT2D eigenvalue weighted by Gasteiger charge is -2.60. The van der Waals surface area contributed by atoms with E-state index in [0.29, 0.717) is 50.6 Å². The standard InChI is InChI=1S/C21H25F3N4O5S/c22-21(23,24)34(31,32)15-2-1-14(25-8-15)5-13-6-20(7-13)11-28(12-20)19(30)27-4-3-17-16(9-27)26-18(29)10-33-17/h1-2,8,13,16-17H,3-7,9-12H2,(H,26,29)/t16-,17+/m0/s1. The highest BCUT2D eigenvalue weighted by atomic mass is 32.2. The zero-order valence-electron chi connectivity index (χ0n) is 18.3. The zero-order valence-corrected chi connectivity index (χ0v) is 19.1. The number of hydrogen-bond acceptors (Lipinski definition) is 6. The topological polar surface area (TPSA) is 109 Å². The Labute approximate surface area is 194 Å². The molecule has 5 rings (SSSR count). The van der Waals surface area contributed by atoms with Gasteiger partial charge in [-0.15, -0.1) is 0 Å². The molecule has 0 aromatic carbocycles. The van der Waals surface area contributed by atoms with Crippen molar-refractivity contribution in [1.29, 1.82) is 0 Å². The Morgan fingerprint density at radius 2 is 1.97 bits per heavy atom. The molecule has 0 bridgehead atoms. The summed E-state index contributed by atoms with van der Waals surface area (Å²) in [6.45, 7) is 2.41. The molecule has 3 aliphatic heterocycles. The van der Waals surface area contributed by atoms with Crippen molar-refractivity contribution in [2.75, 3.05) is 32.8 Å². The number of ether oxygens (including phenoxy) is 1. The van der Waals surface area contributed by atoms with Gasteiger partial charge in [0, 0.05) is 43.5 Å². The number of fused-ring (bicyclic) bond motifs is 1. The molecule has 34 heavy (non-hydrogen) atoms. The first kappa shape index (κ1) is 23.3. The van der Waals surface area contributed by atoms with Crippen molar-refractivity contribution in [1.82, 2.24) is 20.1 Å². The summed E-state index contributed by atoms with van der Waals surface area (Å²) in [6, 6.07) is 2.08. The number of carbonyl (C=O) groups is 2. The minimum absolute atomic E-state index is 0.0320. The monoisotopic (exact) mass is 502 g/mol. The molecular weight excluding hydrogens is 477 g/mol. The van der Waals surface area contributed by atoms with Gasteiger partial charge in [-0.25, -0.2) is 13.2 Å². The third-order valence-corrected chi connectivity index (χ3v) is 8.74. The lowest BCUT2D eigenvalue weighted by Crippen LogP contribution is -2.68. The maximum Gasteiger partial charge on any atom is 0.501 e. The number of nitrogens with one attached hydrogen (secondary N) is 1. The van der Waals surface area contributed by atoms with E-state index in [0.717, 1.165) is 25.1 Å². The number of sulfone groups is 1. The molecule has 1 saturated carbocycles. The largest absolute Gasteiger partial charge is 0.501 e. The highest BCUT2D eigenvalue weighted by Crippen LogP contribution is 2.53. The van der Waals surface area contributed by atoms with E-state index in [1.165, 1.54) is 6.07 Å². The molecule has 4 heterocycles. The van der Waals surface area contributed by atoms with E-state index in [4.69, 9.17) is 4.74 Å². The second-order valence-corrected chi connectivity index (χ2v) is 11.8. The fourth-order valence-corrected chi connectivity index (χ4v) is 6.37. The summed E-state index contributed by atoms with van der Waals surface area (Å²) in [4.78, 5) is 31.1. The number of hydrogen-bond donors (Lipinski definition) is 1. The molecule has 1 spiro atoms. The minimum Gasteiger partial charge on any atom is -0.366 e. The first-order chi connectivity index (χ1) is 16.0. The molecular formula is C21H25F3N4O5S. The molecule has 0 unspecified atom stereocenters.